The van der Waals surface area contributed by atoms with Crippen molar-refractivity contribution in [1.29, 1.82) is 0 Å². The highest BCUT2D eigenvalue weighted by atomic mass is 16.5. The van der Waals surface area contributed by atoms with E-state index in [4.69, 9.17) is 10.5 Å². The summed E-state index contributed by atoms with van der Waals surface area (Å²) >= 11 is 0. The fourth-order valence-corrected chi connectivity index (χ4v) is 2.43. The van der Waals surface area contributed by atoms with Crippen LogP contribution in [0.1, 0.15) is 21.5 Å². The molecule has 3 aromatic carbocycles. The first-order valence-electron chi connectivity index (χ1n) is 8.60. The van der Waals surface area contributed by atoms with Gasteiger partial charge in [0.1, 0.15) is 5.75 Å². The Morgan fingerprint density at radius 3 is 2.36 bits per heavy atom. The summed E-state index contributed by atoms with van der Waals surface area (Å²) in [6, 6.07) is 23.5. The Morgan fingerprint density at radius 1 is 0.857 bits per heavy atom. The lowest BCUT2D eigenvalue weighted by atomic mass is 10.1. The van der Waals surface area contributed by atoms with Crippen LogP contribution in [0.4, 0.5) is 5.69 Å². The monoisotopic (exact) mass is 370 g/mol. The quantitative estimate of drug-likeness (QED) is 0.677. The number of anilines is 1. The molecule has 3 rings (SSSR count). The molecule has 0 aliphatic heterocycles. The van der Waals surface area contributed by atoms with Crippen LogP contribution in [0.3, 0.4) is 0 Å². The number of amides is 2. The lowest BCUT2D eigenvalue weighted by Gasteiger charge is -2.08. The average Bonchev–Trinajstić information content (AvgIpc) is 2.72. The highest BCUT2D eigenvalue weighted by Gasteiger charge is 2.08. The summed E-state index contributed by atoms with van der Waals surface area (Å²) < 4.78 is 5.23. The van der Waals surface area contributed by atoms with Gasteiger partial charge < -0.3 is 15.8 Å². The Morgan fingerprint density at radius 2 is 1.57 bits per heavy atom. The van der Waals surface area contributed by atoms with Crippen molar-refractivity contribution < 1.29 is 14.3 Å². The van der Waals surface area contributed by atoms with Crippen LogP contribution in [0.25, 0.3) is 0 Å². The zero-order valence-corrected chi connectivity index (χ0v) is 15.0. The van der Waals surface area contributed by atoms with Gasteiger partial charge in [0.25, 0.3) is 11.8 Å². The van der Waals surface area contributed by atoms with Crippen LogP contribution >= 0.6 is 0 Å². The predicted octanol–water partition coefficient (Wildman–Crippen LogP) is 3.20. The molecule has 0 aliphatic rings. The normalized spacial score (nSPS) is 9.71. The third-order valence-electron chi connectivity index (χ3n) is 3.72. The molecule has 0 unspecified atom stereocenters. The molecule has 138 valence electrons. The van der Waals surface area contributed by atoms with Crippen molar-refractivity contribution in [1.82, 2.24) is 0 Å². The van der Waals surface area contributed by atoms with Gasteiger partial charge in [-0.05, 0) is 48.5 Å². The van der Waals surface area contributed by atoms with Gasteiger partial charge >= 0.3 is 0 Å². The maximum atomic E-state index is 12.5. The van der Waals surface area contributed by atoms with E-state index in [1.165, 1.54) is 0 Å². The second-order valence-electron chi connectivity index (χ2n) is 5.93. The van der Waals surface area contributed by atoms with E-state index in [0.29, 0.717) is 17.0 Å². The van der Waals surface area contributed by atoms with E-state index in [1.807, 2.05) is 42.5 Å². The molecule has 5 heteroatoms. The molecular formula is C23H18N2O3. The van der Waals surface area contributed by atoms with Crippen molar-refractivity contribution in [3.05, 3.63) is 95.6 Å². The topological polar surface area (TPSA) is 81.4 Å². The number of primary amides is 1. The summed E-state index contributed by atoms with van der Waals surface area (Å²) in [5.41, 5.74) is 7.81. The number of nitrogens with one attached hydrogen (secondary N) is 1. The van der Waals surface area contributed by atoms with Crippen LogP contribution in [0.15, 0.2) is 78.9 Å². The summed E-state index contributed by atoms with van der Waals surface area (Å²) in [5.74, 6) is 5.70. The SMILES string of the molecule is NC(=O)COc1cccc(C(=O)Nc2cccc(C#Cc3ccccc3)c2)c1. The predicted molar refractivity (Wildman–Crippen MR) is 108 cm³/mol. The molecule has 0 heterocycles. The van der Waals surface area contributed by atoms with Crippen LogP contribution in [-0.2, 0) is 4.79 Å². The Balaban J connectivity index is 1.70. The number of ether oxygens (including phenoxy) is 1. The second kappa shape index (κ2) is 9.06. The second-order valence-corrected chi connectivity index (χ2v) is 5.93. The number of hydrogen-bond donors (Lipinski definition) is 2. The lowest BCUT2D eigenvalue weighted by Crippen LogP contribution is -2.20. The first kappa shape index (κ1) is 18.7. The Hall–Kier alpha value is -4.04. The number of carbonyl (C=O) groups excluding carboxylic acids is 2. The van der Waals surface area contributed by atoms with Gasteiger partial charge in [-0.2, -0.15) is 0 Å². The van der Waals surface area contributed by atoms with E-state index in [0.717, 1.165) is 11.1 Å². The number of nitrogens with two attached hydrogens (primary N) is 1. The van der Waals surface area contributed by atoms with Gasteiger partial charge in [-0.1, -0.05) is 42.2 Å². The number of benzene rings is 3. The minimum absolute atomic E-state index is 0.243. The molecule has 0 radical (unpaired) electrons. The van der Waals surface area contributed by atoms with Crippen molar-refractivity contribution in [2.75, 3.05) is 11.9 Å². The van der Waals surface area contributed by atoms with Crippen LogP contribution in [0.2, 0.25) is 0 Å². The van der Waals surface area contributed by atoms with Crippen molar-refractivity contribution in [3.63, 3.8) is 0 Å². The molecule has 28 heavy (non-hydrogen) atoms. The smallest absolute Gasteiger partial charge is 0.255 e. The molecular weight excluding hydrogens is 352 g/mol. The molecule has 5 nitrogen and oxygen atoms in total. The van der Waals surface area contributed by atoms with E-state index in [2.05, 4.69) is 17.2 Å². The molecule has 2 amide bonds. The number of hydrogen-bond acceptors (Lipinski definition) is 3. The highest BCUT2D eigenvalue weighted by Crippen LogP contribution is 2.16. The summed E-state index contributed by atoms with van der Waals surface area (Å²) in [5, 5.41) is 2.83. The third-order valence-corrected chi connectivity index (χ3v) is 3.72. The lowest BCUT2D eigenvalue weighted by molar-refractivity contribution is -0.119. The summed E-state index contributed by atoms with van der Waals surface area (Å²) in [7, 11) is 0. The van der Waals surface area contributed by atoms with Crippen molar-refractivity contribution in [3.8, 4) is 17.6 Å². The van der Waals surface area contributed by atoms with E-state index < -0.39 is 5.91 Å². The molecule has 3 N–H and O–H groups in total. The standard InChI is InChI=1S/C23H18N2O3/c24-22(26)16-28-21-11-5-9-19(15-21)23(27)25-20-10-4-8-18(14-20)13-12-17-6-2-1-3-7-17/h1-11,14-15H,16H2,(H2,24,26)(H,25,27). The maximum Gasteiger partial charge on any atom is 0.255 e. The molecule has 0 atom stereocenters. The van der Waals surface area contributed by atoms with Gasteiger partial charge in [0.15, 0.2) is 6.61 Å². The first-order valence-corrected chi connectivity index (χ1v) is 8.60. The fourth-order valence-electron chi connectivity index (χ4n) is 2.43. The Kier molecular flexibility index (Phi) is 6.06. The molecule has 0 fully saturated rings. The molecule has 0 spiro atoms. The molecule has 3 aromatic rings. The van der Waals surface area contributed by atoms with Gasteiger partial charge in [-0.3, -0.25) is 9.59 Å². The molecule has 0 saturated heterocycles. The molecule has 0 bridgehead atoms. The van der Waals surface area contributed by atoms with Crippen molar-refractivity contribution >= 4 is 17.5 Å². The average molecular weight is 370 g/mol. The van der Waals surface area contributed by atoms with Gasteiger partial charge in [-0.25, -0.2) is 0 Å². The van der Waals surface area contributed by atoms with Gasteiger partial charge in [0.2, 0.25) is 0 Å². The molecule has 0 saturated carbocycles. The number of carbonyl (C=O) groups is 2. The third kappa shape index (κ3) is 5.48. The van der Waals surface area contributed by atoms with Crippen LogP contribution in [0.5, 0.6) is 5.75 Å². The number of rotatable bonds is 5. The van der Waals surface area contributed by atoms with Crippen molar-refractivity contribution in [2.45, 2.75) is 0 Å². The van der Waals surface area contributed by atoms with E-state index in [-0.39, 0.29) is 12.5 Å². The van der Waals surface area contributed by atoms with Gasteiger partial charge in [-0.15, -0.1) is 0 Å². The minimum Gasteiger partial charge on any atom is -0.484 e. The Bertz CT molecular complexity index is 1050. The first-order chi connectivity index (χ1) is 13.6. The van der Waals surface area contributed by atoms with Crippen LogP contribution < -0.4 is 15.8 Å². The van der Waals surface area contributed by atoms with Crippen LogP contribution in [0, 0.1) is 11.8 Å². The minimum atomic E-state index is -0.580. The summed E-state index contributed by atoms with van der Waals surface area (Å²) in [6.45, 7) is -0.243. The zero-order valence-electron chi connectivity index (χ0n) is 15.0. The van der Waals surface area contributed by atoms with E-state index >= 15 is 0 Å². The molecule has 0 aliphatic carbocycles. The Labute approximate surface area is 163 Å². The summed E-state index contributed by atoms with van der Waals surface area (Å²) in [4.78, 5) is 23.3. The van der Waals surface area contributed by atoms with E-state index in [9.17, 15) is 9.59 Å². The fraction of sp³-hybridized carbons (Fsp3) is 0.0435. The van der Waals surface area contributed by atoms with Crippen molar-refractivity contribution in [2.24, 2.45) is 5.73 Å². The summed E-state index contributed by atoms with van der Waals surface area (Å²) in [6.07, 6.45) is 0. The van der Waals surface area contributed by atoms with Gasteiger partial charge in [0.05, 0.1) is 0 Å². The van der Waals surface area contributed by atoms with Crippen LogP contribution in [-0.4, -0.2) is 18.4 Å². The maximum absolute atomic E-state index is 12.5. The zero-order chi connectivity index (χ0) is 19.8. The van der Waals surface area contributed by atoms with E-state index in [1.54, 1.807) is 36.4 Å². The molecule has 0 aromatic heterocycles. The largest absolute Gasteiger partial charge is 0.484 e. The highest BCUT2D eigenvalue weighted by molar-refractivity contribution is 6.04. The van der Waals surface area contributed by atoms with Gasteiger partial charge in [0, 0.05) is 22.4 Å².